The summed E-state index contributed by atoms with van der Waals surface area (Å²) in [5.41, 5.74) is 2.60. The minimum atomic E-state index is -0.473. The molecular weight excluding hydrogens is 452 g/mol. The maximum atomic E-state index is 12.8. The van der Waals surface area contributed by atoms with Crippen molar-refractivity contribution in [2.24, 2.45) is 0 Å². The number of thioether (sulfide) groups is 1. The third-order valence-electron chi connectivity index (χ3n) is 4.79. The molecule has 2 N–H and O–H groups in total. The highest BCUT2D eigenvalue weighted by molar-refractivity contribution is 8.00. The summed E-state index contributed by atoms with van der Waals surface area (Å²) in [4.78, 5) is 25.5. The average Bonchev–Trinajstić information content (AvgIpc) is 3.31. The lowest BCUT2D eigenvalue weighted by Gasteiger charge is -2.18. The summed E-state index contributed by atoms with van der Waals surface area (Å²) in [6, 6.07) is 28.0. The molecule has 1 atom stereocenters. The maximum absolute atomic E-state index is 12.8. The van der Waals surface area contributed by atoms with E-state index in [4.69, 9.17) is 0 Å². The molecule has 6 nitrogen and oxygen atoms in total. The molecule has 0 aliphatic heterocycles. The van der Waals surface area contributed by atoms with Crippen molar-refractivity contribution in [2.45, 2.75) is 22.6 Å². The van der Waals surface area contributed by atoms with Crippen molar-refractivity contribution in [1.82, 2.24) is 15.5 Å². The fourth-order valence-electron chi connectivity index (χ4n) is 3.16. The number of carbonyl (C=O) groups excluding carboxylic acids is 2. The number of aromatic nitrogens is 2. The number of rotatable bonds is 9. The fraction of sp³-hybridized carbons (Fsp3) is 0.120. The molecule has 0 fully saturated rings. The number of hydrogen-bond acceptors (Lipinski definition) is 6. The van der Waals surface area contributed by atoms with Crippen LogP contribution in [-0.4, -0.2) is 22.0 Å². The first-order valence-corrected chi connectivity index (χ1v) is 12.2. The van der Waals surface area contributed by atoms with Crippen LogP contribution in [-0.2, 0) is 10.5 Å². The van der Waals surface area contributed by atoms with Crippen LogP contribution in [0.25, 0.3) is 0 Å². The van der Waals surface area contributed by atoms with Crippen LogP contribution < -0.4 is 10.6 Å². The molecule has 0 spiro atoms. The predicted molar refractivity (Wildman–Crippen MR) is 132 cm³/mol. The quantitative estimate of drug-likeness (QED) is 0.253. The summed E-state index contributed by atoms with van der Waals surface area (Å²) in [6.45, 7) is 0. The first-order chi connectivity index (χ1) is 16.2. The number of nitrogens with one attached hydrogen (secondary N) is 2. The molecule has 33 heavy (non-hydrogen) atoms. The van der Waals surface area contributed by atoms with Crippen LogP contribution in [0.5, 0.6) is 0 Å². The molecule has 0 saturated carbocycles. The molecular formula is C25H22N4O2S2. The second kappa shape index (κ2) is 11.4. The molecule has 0 bridgehead atoms. The van der Waals surface area contributed by atoms with E-state index in [9.17, 15) is 9.59 Å². The van der Waals surface area contributed by atoms with Gasteiger partial charge in [-0.15, -0.1) is 10.2 Å². The van der Waals surface area contributed by atoms with Crippen molar-refractivity contribution >= 4 is 40.0 Å². The highest BCUT2D eigenvalue weighted by Crippen LogP contribution is 2.28. The first-order valence-electron chi connectivity index (χ1n) is 10.4. The number of nitrogens with zero attached hydrogens (tertiary/aromatic N) is 2. The Morgan fingerprint density at radius 2 is 1.48 bits per heavy atom. The zero-order valence-electron chi connectivity index (χ0n) is 17.7. The van der Waals surface area contributed by atoms with Gasteiger partial charge in [0, 0.05) is 11.3 Å². The highest BCUT2D eigenvalue weighted by Gasteiger charge is 2.20. The largest absolute Gasteiger partial charge is 0.345 e. The van der Waals surface area contributed by atoms with E-state index in [0.29, 0.717) is 10.7 Å². The van der Waals surface area contributed by atoms with Gasteiger partial charge in [-0.3, -0.25) is 9.59 Å². The lowest BCUT2D eigenvalue weighted by molar-refractivity contribution is -0.116. The number of hydrogen-bond donors (Lipinski definition) is 2. The van der Waals surface area contributed by atoms with Crippen LogP contribution in [0.15, 0.2) is 95.3 Å². The van der Waals surface area contributed by atoms with Gasteiger partial charge in [0.25, 0.3) is 5.91 Å². The molecule has 166 valence electrons. The fourth-order valence-corrected chi connectivity index (χ4v) is 4.89. The number of anilines is 1. The summed E-state index contributed by atoms with van der Waals surface area (Å²) in [5.74, 6) is 0.311. The van der Waals surface area contributed by atoms with Crippen LogP contribution in [0.1, 0.15) is 33.9 Å². The Morgan fingerprint density at radius 1 is 0.848 bits per heavy atom. The van der Waals surface area contributed by atoms with Gasteiger partial charge < -0.3 is 10.6 Å². The van der Waals surface area contributed by atoms with Crippen molar-refractivity contribution in [3.63, 3.8) is 0 Å². The van der Waals surface area contributed by atoms with Crippen molar-refractivity contribution in [3.05, 3.63) is 108 Å². The van der Waals surface area contributed by atoms with Gasteiger partial charge in [0.1, 0.15) is 0 Å². The normalized spacial score (nSPS) is 11.5. The number of carbonyl (C=O) groups is 2. The van der Waals surface area contributed by atoms with Gasteiger partial charge in [0.2, 0.25) is 11.0 Å². The Hall–Kier alpha value is -3.49. The van der Waals surface area contributed by atoms with E-state index >= 15 is 0 Å². The van der Waals surface area contributed by atoms with Crippen LogP contribution in [0.4, 0.5) is 5.13 Å². The van der Waals surface area contributed by atoms with Gasteiger partial charge in [-0.05, 0) is 23.3 Å². The van der Waals surface area contributed by atoms with E-state index in [-0.39, 0.29) is 18.2 Å². The average molecular weight is 475 g/mol. The van der Waals surface area contributed by atoms with E-state index < -0.39 is 6.04 Å². The van der Waals surface area contributed by atoms with Crippen molar-refractivity contribution < 1.29 is 9.59 Å². The number of amides is 2. The van der Waals surface area contributed by atoms with E-state index in [1.807, 2.05) is 66.7 Å². The molecule has 1 unspecified atom stereocenters. The summed E-state index contributed by atoms with van der Waals surface area (Å²) < 4.78 is 0.783. The van der Waals surface area contributed by atoms with E-state index in [0.717, 1.165) is 15.7 Å². The Morgan fingerprint density at radius 3 is 2.18 bits per heavy atom. The minimum absolute atomic E-state index is 0.0780. The number of benzene rings is 3. The Labute approximate surface area is 200 Å². The SMILES string of the molecule is O=C(CC(NC(=O)c1ccccc1)c1ccccc1)Nc1nnc(SCc2ccccc2)s1. The Kier molecular flexibility index (Phi) is 7.84. The summed E-state index contributed by atoms with van der Waals surface area (Å²) in [7, 11) is 0. The van der Waals surface area contributed by atoms with Gasteiger partial charge >= 0.3 is 0 Å². The van der Waals surface area contributed by atoms with Crippen LogP contribution in [0.2, 0.25) is 0 Å². The highest BCUT2D eigenvalue weighted by atomic mass is 32.2. The molecule has 4 aromatic rings. The van der Waals surface area contributed by atoms with Crippen LogP contribution in [0.3, 0.4) is 0 Å². The van der Waals surface area contributed by atoms with Crippen molar-refractivity contribution in [1.29, 1.82) is 0 Å². The van der Waals surface area contributed by atoms with Gasteiger partial charge in [0.05, 0.1) is 12.5 Å². The Balaban J connectivity index is 1.38. The second-order valence-electron chi connectivity index (χ2n) is 7.20. The van der Waals surface area contributed by atoms with Gasteiger partial charge in [0.15, 0.2) is 4.34 Å². The van der Waals surface area contributed by atoms with E-state index in [1.54, 1.807) is 23.9 Å². The molecule has 0 aliphatic rings. The minimum Gasteiger partial charge on any atom is -0.345 e. The smallest absolute Gasteiger partial charge is 0.251 e. The monoisotopic (exact) mass is 474 g/mol. The predicted octanol–water partition coefficient (Wildman–Crippen LogP) is 5.33. The van der Waals surface area contributed by atoms with E-state index in [1.165, 1.54) is 16.9 Å². The molecule has 3 aromatic carbocycles. The zero-order chi connectivity index (χ0) is 22.9. The van der Waals surface area contributed by atoms with Crippen LogP contribution >= 0.6 is 23.1 Å². The molecule has 0 radical (unpaired) electrons. The lowest BCUT2D eigenvalue weighted by Crippen LogP contribution is -2.31. The molecule has 4 rings (SSSR count). The molecule has 1 aromatic heterocycles. The van der Waals surface area contributed by atoms with Gasteiger partial charge in [-0.25, -0.2) is 0 Å². The molecule has 2 amide bonds. The maximum Gasteiger partial charge on any atom is 0.251 e. The molecule has 1 heterocycles. The summed E-state index contributed by atoms with van der Waals surface area (Å²) in [5, 5.41) is 14.5. The van der Waals surface area contributed by atoms with E-state index in [2.05, 4.69) is 33.0 Å². The van der Waals surface area contributed by atoms with Gasteiger partial charge in [-0.1, -0.05) is 102 Å². The molecule has 0 saturated heterocycles. The summed E-state index contributed by atoms with van der Waals surface area (Å²) in [6.07, 6.45) is 0.0780. The molecule has 0 aliphatic carbocycles. The van der Waals surface area contributed by atoms with Crippen molar-refractivity contribution in [3.8, 4) is 0 Å². The third kappa shape index (κ3) is 6.74. The third-order valence-corrected chi connectivity index (χ3v) is 6.83. The molecule has 8 heteroatoms. The van der Waals surface area contributed by atoms with Crippen LogP contribution in [0, 0.1) is 0 Å². The second-order valence-corrected chi connectivity index (χ2v) is 9.40. The zero-order valence-corrected chi connectivity index (χ0v) is 19.3. The summed E-state index contributed by atoms with van der Waals surface area (Å²) >= 11 is 2.91. The van der Waals surface area contributed by atoms with Crippen molar-refractivity contribution in [2.75, 3.05) is 5.32 Å². The Bertz CT molecular complexity index is 1180. The standard InChI is InChI=1S/C25H22N4O2S2/c30-22(27-24-28-29-25(33-24)32-17-18-10-4-1-5-11-18)16-21(19-12-6-2-7-13-19)26-23(31)20-14-8-3-9-15-20/h1-15,21H,16-17H2,(H,26,31)(H,27,28,30). The van der Waals surface area contributed by atoms with Gasteiger partial charge in [-0.2, -0.15) is 0 Å². The first kappa shape index (κ1) is 22.7. The topological polar surface area (TPSA) is 84.0 Å². The lowest BCUT2D eigenvalue weighted by atomic mass is 10.0.